The summed E-state index contributed by atoms with van der Waals surface area (Å²) in [4.78, 5) is 2.33. The molecule has 1 aromatic heterocycles. The van der Waals surface area contributed by atoms with Crippen LogP contribution in [0.5, 0.6) is 11.5 Å². The lowest BCUT2D eigenvalue weighted by molar-refractivity contribution is -0.658. The van der Waals surface area contributed by atoms with Gasteiger partial charge in [-0.15, -0.1) is 0 Å². The molecule has 0 aliphatic carbocycles. The Bertz CT molecular complexity index is 1110. The normalized spacial score (nSPS) is 13.5. The van der Waals surface area contributed by atoms with Crippen molar-refractivity contribution in [3.8, 4) is 22.6 Å². The molecule has 5 heteroatoms. The zero-order chi connectivity index (χ0) is 18.9. The van der Waals surface area contributed by atoms with E-state index in [1.165, 1.54) is 27.7 Å². The molecule has 0 bridgehead atoms. The molecule has 134 valence electrons. The van der Waals surface area contributed by atoms with Crippen LogP contribution < -0.4 is 24.2 Å². The van der Waals surface area contributed by atoms with Gasteiger partial charge in [-0.05, 0) is 44.0 Å². The Kier molecular flexibility index (Phi) is 3.32. The fourth-order valence-corrected chi connectivity index (χ4v) is 4.47. The number of ether oxygens (including phenoxy) is 1. The van der Waals surface area contributed by atoms with E-state index in [9.17, 15) is 0 Å². The number of rotatable bonds is 1. The number of hydrogen-bond donors (Lipinski definition) is 0. The first kappa shape index (κ1) is 16.2. The van der Waals surface area contributed by atoms with Crippen molar-refractivity contribution < 1.29 is 14.0 Å². The zero-order valence-corrected chi connectivity index (χ0v) is 16.3. The summed E-state index contributed by atoms with van der Waals surface area (Å²) >= 11 is 0. The van der Waals surface area contributed by atoms with Crippen molar-refractivity contribution in [1.82, 2.24) is 0 Å². The molecule has 4 nitrogen and oxygen atoms in total. The van der Waals surface area contributed by atoms with Crippen molar-refractivity contribution >= 4 is 24.0 Å². The predicted octanol–water partition coefficient (Wildman–Crippen LogP) is 3.35. The van der Waals surface area contributed by atoms with Gasteiger partial charge in [-0.3, -0.25) is 0 Å². The second-order valence-electron chi connectivity index (χ2n) is 7.42. The Labute approximate surface area is 160 Å². The maximum absolute atomic E-state index is 6.58. The molecular weight excluding hydrogens is 335 g/mol. The first-order chi connectivity index (χ1) is 13.0. The molecule has 27 heavy (non-hydrogen) atoms. The maximum atomic E-state index is 6.58. The Morgan fingerprint density at radius 1 is 1.00 bits per heavy atom. The van der Waals surface area contributed by atoms with Crippen molar-refractivity contribution in [2.45, 2.75) is 20.8 Å². The van der Waals surface area contributed by atoms with Crippen molar-refractivity contribution in [3.05, 3.63) is 59.3 Å². The van der Waals surface area contributed by atoms with Gasteiger partial charge in [0.05, 0.1) is 20.4 Å². The van der Waals surface area contributed by atoms with Crippen LogP contribution in [0.1, 0.15) is 16.7 Å². The maximum Gasteiger partial charge on any atom is 0.648 e. The quantitative estimate of drug-likeness (QED) is 0.493. The fraction of sp³-hybridized carbons (Fsp3) is 0.227. The van der Waals surface area contributed by atoms with Crippen LogP contribution in [0.4, 0.5) is 11.5 Å². The third-order valence-corrected chi connectivity index (χ3v) is 5.91. The molecule has 0 atom stereocenters. The van der Waals surface area contributed by atoms with Crippen LogP contribution in [0.3, 0.4) is 0 Å². The number of benzene rings is 2. The summed E-state index contributed by atoms with van der Waals surface area (Å²) in [5.41, 5.74) is 8.35. The van der Waals surface area contributed by atoms with Crippen molar-refractivity contribution in [3.63, 3.8) is 0 Å². The minimum atomic E-state index is -0.166. The van der Waals surface area contributed by atoms with Crippen LogP contribution in [0, 0.1) is 20.8 Å². The highest BCUT2D eigenvalue weighted by Crippen LogP contribution is 2.49. The molecule has 2 aliphatic rings. The number of pyridine rings is 1. The van der Waals surface area contributed by atoms with Gasteiger partial charge in [0.1, 0.15) is 11.4 Å². The summed E-state index contributed by atoms with van der Waals surface area (Å²) in [6.45, 7) is 6.39. The number of hydrogen-bond acceptors (Lipinski definition) is 3. The highest BCUT2D eigenvalue weighted by Gasteiger charge is 2.55. The summed E-state index contributed by atoms with van der Waals surface area (Å²) in [7, 11) is 3.65. The molecule has 5 rings (SSSR count). The van der Waals surface area contributed by atoms with Gasteiger partial charge in [-0.2, -0.15) is 0 Å². The average molecular weight is 357 g/mol. The molecule has 0 unspecified atom stereocenters. The molecule has 0 radical (unpaired) electrons. The molecule has 2 aliphatic heterocycles. The number of methoxy groups -OCH3 is 1. The SMILES string of the molecule is COc1ccc2c(c1C)N1B(Oc3c(C)c(C)c[n+](C)c31)c1ccccc1-2. The molecular formula is C22H22BN2O2+. The molecule has 2 aromatic carbocycles. The lowest BCUT2D eigenvalue weighted by Crippen LogP contribution is -2.52. The highest BCUT2D eigenvalue weighted by atomic mass is 16.5. The lowest BCUT2D eigenvalue weighted by Gasteiger charge is -2.27. The Morgan fingerprint density at radius 2 is 1.78 bits per heavy atom. The van der Waals surface area contributed by atoms with Gasteiger partial charge in [0.25, 0.3) is 0 Å². The Hall–Kier alpha value is -2.95. The van der Waals surface area contributed by atoms with Crippen LogP contribution in [0.25, 0.3) is 11.1 Å². The number of aromatic nitrogens is 1. The van der Waals surface area contributed by atoms with E-state index in [0.717, 1.165) is 28.6 Å². The largest absolute Gasteiger partial charge is 0.648 e. The standard InChI is InChI=1S/C22H22BN2O2/c1-13-12-24(4)22-21(14(13)2)27-23-18-9-7-6-8-16(18)17-10-11-19(26-5)15(3)20(17)25(22)23/h6-12H,1-5H3/q+1. The smallest absolute Gasteiger partial charge is 0.512 e. The van der Waals surface area contributed by atoms with E-state index in [1.807, 2.05) is 0 Å². The van der Waals surface area contributed by atoms with E-state index >= 15 is 0 Å². The van der Waals surface area contributed by atoms with E-state index in [4.69, 9.17) is 9.39 Å². The molecule has 0 amide bonds. The van der Waals surface area contributed by atoms with Crippen molar-refractivity contribution in [2.24, 2.45) is 7.05 Å². The van der Waals surface area contributed by atoms with Crippen LogP contribution in [-0.4, -0.2) is 14.2 Å². The lowest BCUT2D eigenvalue weighted by atomic mass is 9.64. The minimum absolute atomic E-state index is 0.166. The fourth-order valence-electron chi connectivity index (χ4n) is 4.47. The minimum Gasteiger partial charge on any atom is -0.512 e. The van der Waals surface area contributed by atoms with E-state index in [1.54, 1.807) is 7.11 Å². The summed E-state index contributed by atoms with van der Waals surface area (Å²) in [6, 6.07) is 12.8. The van der Waals surface area contributed by atoms with Crippen LogP contribution in [-0.2, 0) is 7.05 Å². The molecule has 0 fully saturated rings. The summed E-state index contributed by atoms with van der Waals surface area (Å²) in [5, 5.41) is 0. The van der Waals surface area contributed by atoms with E-state index in [-0.39, 0.29) is 7.05 Å². The molecule has 3 aromatic rings. The average Bonchev–Trinajstić information content (AvgIpc) is 3.08. The Balaban J connectivity index is 1.89. The van der Waals surface area contributed by atoms with E-state index < -0.39 is 0 Å². The first-order valence-electron chi connectivity index (χ1n) is 9.25. The number of aryl methyl sites for hydroxylation is 2. The van der Waals surface area contributed by atoms with Crippen LogP contribution >= 0.6 is 0 Å². The highest BCUT2D eigenvalue weighted by molar-refractivity contribution is 6.77. The third-order valence-electron chi connectivity index (χ3n) is 5.91. The van der Waals surface area contributed by atoms with E-state index in [2.05, 4.69) is 79.8 Å². The Morgan fingerprint density at radius 3 is 2.56 bits per heavy atom. The molecule has 0 N–H and O–H groups in total. The van der Waals surface area contributed by atoms with Gasteiger partial charge in [0.15, 0.2) is 5.75 Å². The van der Waals surface area contributed by atoms with Gasteiger partial charge in [0, 0.05) is 22.2 Å². The summed E-state index contributed by atoms with van der Waals surface area (Å²) < 4.78 is 14.4. The van der Waals surface area contributed by atoms with Crippen LogP contribution in [0.2, 0.25) is 0 Å². The molecule has 0 saturated heterocycles. The first-order valence-corrected chi connectivity index (χ1v) is 9.25. The van der Waals surface area contributed by atoms with Gasteiger partial charge in [-0.1, -0.05) is 24.3 Å². The topological polar surface area (TPSA) is 25.6 Å². The second-order valence-corrected chi connectivity index (χ2v) is 7.42. The van der Waals surface area contributed by atoms with Gasteiger partial charge in [-0.25, -0.2) is 9.38 Å². The molecule has 3 heterocycles. The monoisotopic (exact) mass is 357 g/mol. The third kappa shape index (κ3) is 2.02. The summed E-state index contributed by atoms with van der Waals surface area (Å²) in [6.07, 6.45) is 2.18. The second kappa shape index (κ2) is 5.52. The van der Waals surface area contributed by atoms with E-state index in [0.29, 0.717) is 0 Å². The van der Waals surface area contributed by atoms with Gasteiger partial charge < -0.3 is 9.39 Å². The number of nitrogens with zero attached hydrogens (tertiary/aromatic N) is 2. The predicted molar refractivity (Wildman–Crippen MR) is 108 cm³/mol. The molecule has 0 spiro atoms. The van der Waals surface area contributed by atoms with Gasteiger partial charge >= 0.3 is 12.9 Å². The van der Waals surface area contributed by atoms with Crippen LogP contribution in [0.15, 0.2) is 42.6 Å². The van der Waals surface area contributed by atoms with Crippen molar-refractivity contribution in [2.75, 3.05) is 11.9 Å². The zero-order valence-electron chi connectivity index (χ0n) is 16.3. The molecule has 0 saturated carbocycles. The van der Waals surface area contributed by atoms with Crippen molar-refractivity contribution in [1.29, 1.82) is 0 Å². The van der Waals surface area contributed by atoms with Gasteiger partial charge in [0.2, 0.25) is 0 Å². The summed E-state index contributed by atoms with van der Waals surface area (Å²) in [5.74, 6) is 2.95. The number of fused-ring (bicyclic) bond motifs is 8. The number of anilines is 2.